The highest BCUT2D eigenvalue weighted by Crippen LogP contribution is 2.29. The predicted octanol–water partition coefficient (Wildman–Crippen LogP) is 2.62. The fourth-order valence-corrected chi connectivity index (χ4v) is 1.17. The predicted molar refractivity (Wildman–Crippen MR) is 55.0 cm³/mol. The van der Waals surface area contributed by atoms with Gasteiger partial charge in [0.25, 0.3) is 0 Å². The molecule has 0 unspecified atom stereocenters. The summed E-state index contributed by atoms with van der Waals surface area (Å²) in [6.45, 7) is 3.42. The number of hydrogen-bond acceptors (Lipinski definition) is 3. The fraction of sp³-hybridized carbons (Fsp3) is 0.400. The zero-order valence-electron chi connectivity index (χ0n) is 9.17. The van der Waals surface area contributed by atoms with Crippen molar-refractivity contribution in [1.82, 2.24) is 4.98 Å². The fourth-order valence-electron chi connectivity index (χ4n) is 1.17. The van der Waals surface area contributed by atoms with Gasteiger partial charge < -0.3 is 10.4 Å². The average molecular weight is 248 g/mol. The molecule has 0 saturated heterocycles. The van der Waals surface area contributed by atoms with Gasteiger partial charge in [-0.3, -0.25) is 0 Å². The first kappa shape index (κ1) is 13.3. The second-order valence-corrected chi connectivity index (χ2v) is 3.73. The molecular weight excluding hydrogens is 237 g/mol. The zero-order valence-corrected chi connectivity index (χ0v) is 9.17. The molecule has 0 spiro atoms. The Balaban J connectivity index is 3.24. The van der Waals surface area contributed by atoms with Crippen molar-refractivity contribution >= 4 is 11.8 Å². The van der Waals surface area contributed by atoms with Crippen molar-refractivity contribution in [2.75, 3.05) is 5.32 Å². The number of nitrogens with zero attached hydrogens (tertiary/aromatic N) is 1. The Morgan fingerprint density at radius 2 is 2.00 bits per heavy atom. The summed E-state index contributed by atoms with van der Waals surface area (Å²) < 4.78 is 37.4. The molecule has 0 radical (unpaired) electrons. The third-order valence-electron chi connectivity index (χ3n) is 1.80. The van der Waals surface area contributed by atoms with E-state index in [2.05, 4.69) is 10.3 Å². The Morgan fingerprint density at radius 3 is 2.41 bits per heavy atom. The third-order valence-corrected chi connectivity index (χ3v) is 1.80. The molecule has 0 amide bonds. The number of halogens is 3. The van der Waals surface area contributed by atoms with E-state index < -0.39 is 23.4 Å². The van der Waals surface area contributed by atoms with Gasteiger partial charge in [0.15, 0.2) is 0 Å². The van der Waals surface area contributed by atoms with Gasteiger partial charge >= 0.3 is 12.1 Å². The third kappa shape index (κ3) is 3.61. The molecule has 1 aromatic heterocycles. The van der Waals surface area contributed by atoms with E-state index in [4.69, 9.17) is 5.11 Å². The number of carbonyl (C=O) groups is 1. The van der Waals surface area contributed by atoms with Crippen LogP contribution in [0.5, 0.6) is 0 Å². The molecule has 2 N–H and O–H groups in total. The van der Waals surface area contributed by atoms with Gasteiger partial charge in [-0.05, 0) is 26.0 Å². The Bertz CT molecular complexity index is 430. The lowest BCUT2D eigenvalue weighted by Gasteiger charge is -2.13. The molecule has 0 atom stereocenters. The monoisotopic (exact) mass is 248 g/mol. The lowest BCUT2D eigenvalue weighted by molar-refractivity contribution is -0.141. The molecule has 0 fully saturated rings. The van der Waals surface area contributed by atoms with Gasteiger partial charge in [-0.25, -0.2) is 9.78 Å². The minimum Gasteiger partial charge on any atom is -0.478 e. The number of hydrogen-bond donors (Lipinski definition) is 2. The second-order valence-electron chi connectivity index (χ2n) is 3.73. The highest BCUT2D eigenvalue weighted by atomic mass is 19.4. The first-order valence-electron chi connectivity index (χ1n) is 4.79. The van der Waals surface area contributed by atoms with Crippen molar-refractivity contribution in [1.29, 1.82) is 0 Å². The molecule has 17 heavy (non-hydrogen) atoms. The minimum atomic E-state index is -4.67. The van der Waals surface area contributed by atoms with Gasteiger partial charge in [0.05, 0.1) is 5.56 Å². The summed E-state index contributed by atoms with van der Waals surface area (Å²) in [5.41, 5.74) is -1.67. The second kappa shape index (κ2) is 4.60. The normalized spacial score (nSPS) is 11.6. The SMILES string of the molecule is CC(C)Nc1cc(C(=O)O)cc(C(F)(F)F)n1. The number of carboxylic acid groups (broad SMARTS) is 1. The number of anilines is 1. The topological polar surface area (TPSA) is 62.2 Å². The van der Waals surface area contributed by atoms with Gasteiger partial charge in [0.1, 0.15) is 11.5 Å². The molecule has 1 heterocycles. The van der Waals surface area contributed by atoms with Crippen molar-refractivity contribution in [2.24, 2.45) is 0 Å². The van der Waals surface area contributed by atoms with Gasteiger partial charge in [-0.1, -0.05) is 0 Å². The number of nitrogens with one attached hydrogen (secondary N) is 1. The van der Waals surface area contributed by atoms with Crippen molar-refractivity contribution in [2.45, 2.75) is 26.1 Å². The van der Waals surface area contributed by atoms with Crippen LogP contribution in [0.2, 0.25) is 0 Å². The van der Waals surface area contributed by atoms with Gasteiger partial charge in [-0.15, -0.1) is 0 Å². The maximum absolute atomic E-state index is 12.5. The van der Waals surface area contributed by atoms with Crippen LogP contribution in [0.3, 0.4) is 0 Å². The van der Waals surface area contributed by atoms with E-state index in [1.165, 1.54) is 0 Å². The first-order valence-corrected chi connectivity index (χ1v) is 4.79. The average Bonchev–Trinajstić information content (AvgIpc) is 2.14. The van der Waals surface area contributed by atoms with E-state index in [9.17, 15) is 18.0 Å². The lowest BCUT2D eigenvalue weighted by atomic mass is 10.2. The van der Waals surface area contributed by atoms with Crippen LogP contribution >= 0.6 is 0 Å². The summed E-state index contributed by atoms with van der Waals surface area (Å²) in [5, 5.41) is 11.3. The molecule has 1 aromatic rings. The maximum atomic E-state index is 12.5. The van der Waals surface area contributed by atoms with Crippen LogP contribution in [0, 0.1) is 0 Å². The van der Waals surface area contributed by atoms with Gasteiger partial charge in [0.2, 0.25) is 0 Å². The molecule has 7 heteroatoms. The summed E-state index contributed by atoms with van der Waals surface area (Å²) in [6.07, 6.45) is -4.67. The van der Waals surface area contributed by atoms with Crippen molar-refractivity contribution in [3.8, 4) is 0 Å². The molecule has 1 rings (SSSR count). The van der Waals surface area contributed by atoms with Crippen molar-refractivity contribution in [3.05, 3.63) is 23.4 Å². The molecule has 0 aromatic carbocycles. The number of pyridine rings is 1. The number of aromatic nitrogens is 1. The lowest BCUT2D eigenvalue weighted by Crippen LogP contribution is -2.16. The molecule has 0 aliphatic carbocycles. The summed E-state index contributed by atoms with van der Waals surface area (Å²) in [6, 6.07) is 1.43. The Kier molecular flexibility index (Phi) is 3.59. The standard InChI is InChI=1S/C10H11F3N2O2/c1-5(2)14-8-4-6(9(16)17)3-7(15-8)10(11,12)13/h3-5H,1-2H3,(H,14,15)(H,16,17). The number of alkyl halides is 3. The molecular formula is C10H11F3N2O2. The van der Waals surface area contributed by atoms with Crippen molar-refractivity contribution in [3.63, 3.8) is 0 Å². The van der Waals surface area contributed by atoms with Crippen LogP contribution < -0.4 is 5.32 Å². The molecule has 0 aliphatic rings. The van der Waals surface area contributed by atoms with Crippen LogP contribution in [0.25, 0.3) is 0 Å². The van der Waals surface area contributed by atoms with Gasteiger partial charge in [-0.2, -0.15) is 13.2 Å². The molecule has 0 saturated carbocycles. The highest BCUT2D eigenvalue weighted by molar-refractivity contribution is 5.88. The van der Waals surface area contributed by atoms with Crippen LogP contribution in [-0.2, 0) is 6.18 Å². The zero-order chi connectivity index (χ0) is 13.2. The van der Waals surface area contributed by atoms with E-state index in [0.29, 0.717) is 6.07 Å². The quantitative estimate of drug-likeness (QED) is 0.863. The first-order chi connectivity index (χ1) is 7.70. The summed E-state index contributed by atoms with van der Waals surface area (Å²) >= 11 is 0. The molecule has 0 aliphatic heterocycles. The molecule has 4 nitrogen and oxygen atoms in total. The largest absolute Gasteiger partial charge is 0.478 e. The van der Waals surface area contributed by atoms with Crippen LogP contribution in [-0.4, -0.2) is 22.1 Å². The number of rotatable bonds is 3. The Hall–Kier alpha value is -1.79. The van der Waals surface area contributed by atoms with Crippen LogP contribution in [0.15, 0.2) is 12.1 Å². The molecule has 94 valence electrons. The van der Waals surface area contributed by atoms with Crippen molar-refractivity contribution < 1.29 is 23.1 Å². The summed E-state index contributed by atoms with van der Waals surface area (Å²) in [7, 11) is 0. The van der Waals surface area contributed by atoms with E-state index in [1.807, 2.05) is 0 Å². The summed E-state index contributed by atoms with van der Waals surface area (Å²) in [5.74, 6) is -1.53. The Morgan fingerprint density at radius 1 is 1.41 bits per heavy atom. The number of carboxylic acids is 1. The van der Waals surface area contributed by atoms with Crippen LogP contribution in [0.4, 0.5) is 19.0 Å². The summed E-state index contributed by atoms with van der Waals surface area (Å²) in [4.78, 5) is 14.0. The van der Waals surface area contributed by atoms with E-state index in [-0.39, 0.29) is 11.9 Å². The number of aromatic carboxylic acids is 1. The minimum absolute atomic E-state index is 0.104. The van der Waals surface area contributed by atoms with Crippen LogP contribution in [0.1, 0.15) is 29.9 Å². The maximum Gasteiger partial charge on any atom is 0.433 e. The highest BCUT2D eigenvalue weighted by Gasteiger charge is 2.33. The van der Waals surface area contributed by atoms with E-state index in [1.54, 1.807) is 13.8 Å². The van der Waals surface area contributed by atoms with E-state index >= 15 is 0 Å². The molecule has 0 bridgehead atoms. The van der Waals surface area contributed by atoms with Gasteiger partial charge in [0, 0.05) is 6.04 Å². The Labute approximate surface area is 95.5 Å². The smallest absolute Gasteiger partial charge is 0.433 e. The van der Waals surface area contributed by atoms with E-state index in [0.717, 1.165) is 6.07 Å².